The molecule has 0 aromatic heterocycles. The predicted octanol–water partition coefficient (Wildman–Crippen LogP) is 3.64. The van der Waals surface area contributed by atoms with Crippen LogP contribution in [0.4, 0.5) is 5.69 Å². The van der Waals surface area contributed by atoms with Crippen LogP contribution in [0.2, 0.25) is 0 Å². The number of amides is 1. The molecule has 0 fully saturated rings. The number of rotatable bonds is 5. The lowest BCUT2D eigenvalue weighted by atomic mass is 10.2. The van der Waals surface area contributed by atoms with Gasteiger partial charge in [0.15, 0.2) is 5.17 Å². The second kappa shape index (κ2) is 7.81. The quantitative estimate of drug-likeness (QED) is 0.832. The number of thioether (sulfide) groups is 1. The highest BCUT2D eigenvalue weighted by Gasteiger charge is 2.27. The summed E-state index contributed by atoms with van der Waals surface area (Å²) in [6, 6.07) is 18.9. The Morgan fingerprint density at radius 2 is 1.72 bits per heavy atom. The van der Waals surface area contributed by atoms with E-state index in [-0.39, 0.29) is 18.9 Å². The maximum atomic E-state index is 12.2. The first-order chi connectivity index (χ1) is 12.1. The summed E-state index contributed by atoms with van der Waals surface area (Å²) in [4.78, 5) is 29.6. The number of para-hydroxylation sites is 1. The highest BCUT2D eigenvalue weighted by Crippen LogP contribution is 2.32. The number of hydrogen-bond donors (Lipinski definition) is 1. The van der Waals surface area contributed by atoms with Crippen LogP contribution in [0.5, 0.6) is 0 Å². The lowest BCUT2D eigenvalue weighted by molar-refractivity contribution is -0.136. The Hall–Kier alpha value is -2.86. The van der Waals surface area contributed by atoms with Gasteiger partial charge in [-0.25, -0.2) is 0 Å². The van der Waals surface area contributed by atoms with E-state index >= 15 is 0 Å². The zero-order valence-electron chi connectivity index (χ0n) is 13.3. The normalized spacial score (nSPS) is 15.3. The second-order valence-electron chi connectivity index (χ2n) is 5.35. The van der Waals surface area contributed by atoms with Gasteiger partial charge in [0.25, 0.3) is 5.91 Å². The van der Waals surface area contributed by atoms with E-state index in [0.29, 0.717) is 10.1 Å². The van der Waals surface area contributed by atoms with E-state index in [1.165, 1.54) is 11.8 Å². The van der Waals surface area contributed by atoms with Crippen LogP contribution >= 0.6 is 11.8 Å². The third kappa shape index (κ3) is 4.36. The number of benzene rings is 2. The lowest BCUT2D eigenvalue weighted by Crippen LogP contribution is -2.30. The fourth-order valence-electron chi connectivity index (χ4n) is 2.36. The fourth-order valence-corrected chi connectivity index (χ4v) is 3.32. The highest BCUT2D eigenvalue weighted by atomic mass is 32.2. The summed E-state index contributed by atoms with van der Waals surface area (Å²) < 4.78 is 0. The summed E-state index contributed by atoms with van der Waals surface area (Å²) in [7, 11) is 0. The maximum Gasteiger partial charge on any atom is 0.305 e. The number of aliphatic carboxylic acids is 1. The number of hydrogen-bond acceptors (Lipinski definition) is 4. The molecule has 2 aromatic carbocycles. The van der Waals surface area contributed by atoms with Crippen molar-refractivity contribution in [2.24, 2.45) is 4.99 Å². The van der Waals surface area contributed by atoms with Crippen LogP contribution in [0.15, 0.2) is 70.6 Å². The Morgan fingerprint density at radius 3 is 2.36 bits per heavy atom. The predicted molar refractivity (Wildman–Crippen MR) is 100 cm³/mol. The van der Waals surface area contributed by atoms with Crippen molar-refractivity contribution in [1.29, 1.82) is 0 Å². The molecule has 0 aliphatic carbocycles. The van der Waals surface area contributed by atoms with Gasteiger partial charge < -0.3 is 10.0 Å². The molecule has 0 unspecified atom stereocenters. The molecule has 0 atom stereocenters. The molecule has 0 saturated carbocycles. The van der Waals surface area contributed by atoms with Crippen molar-refractivity contribution in [3.8, 4) is 0 Å². The van der Waals surface area contributed by atoms with Crippen LogP contribution in [-0.2, 0) is 9.59 Å². The standard InChI is InChI=1S/C19H16N2O3S/c22-17(23)11-12-21(15-9-5-2-6-10-15)19-20-18(24)16(25-19)13-14-7-3-1-4-8-14/h1-10,13H,11-12H2,(H,22,23)/b16-13-. The van der Waals surface area contributed by atoms with E-state index < -0.39 is 5.97 Å². The molecule has 1 aliphatic rings. The second-order valence-corrected chi connectivity index (χ2v) is 6.36. The van der Waals surface area contributed by atoms with Gasteiger partial charge in [-0.15, -0.1) is 0 Å². The van der Waals surface area contributed by atoms with Gasteiger partial charge in [0.1, 0.15) is 0 Å². The number of carbonyl (C=O) groups is 2. The van der Waals surface area contributed by atoms with E-state index in [9.17, 15) is 9.59 Å². The molecular weight excluding hydrogens is 336 g/mol. The number of carboxylic acid groups (broad SMARTS) is 1. The first-order valence-corrected chi connectivity index (χ1v) is 8.57. The molecule has 3 rings (SSSR count). The summed E-state index contributed by atoms with van der Waals surface area (Å²) in [5.74, 6) is -1.20. The van der Waals surface area contributed by atoms with E-state index in [4.69, 9.17) is 5.11 Å². The van der Waals surface area contributed by atoms with Crippen LogP contribution in [-0.4, -0.2) is 28.7 Å². The topological polar surface area (TPSA) is 70.0 Å². The van der Waals surface area contributed by atoms with Gasteiger partial charge in [-0.05, 0) is 35.5 Å². The van der Waals surface area contributed by atoms with Gasteiger partial charge in [0.2, 0.25) is 0 Å². The van der Waals surface area contributed by atoms with Gasteiger partial charge in [-0.2, -0.15) is 4.99 Å². The largest absolute Gasteiger partial charge is 0.481 e. The third-order valence-electron chi connectivity index (χ3n) is 3.55. The highest BCUT2D eigenvalue weighted by molar-refractivity contribution is 8.18. The average molecular weight is 352 g/mol. The minimum absolute atomic E-state index is 0.0413. The van der Waals surface area contributed by atoms with Crippen molar-refractivity contribution in [2.75, 3.05) is 11.4 Å². The maximum absolute atomic E-state index is 12.2. The molecule has 6 heteroatoms. The monoisotopic (exact) mass is 352 g/mol. The first kappa shape index (κ1) is 17.0. The Morgan fingerprint density at radius 1 is 1.08 bits per heavy atom. The fraction of sp³-hybridized carbons (Fsp3) is 0.105. The molecule has 0 spiro atoms. The molecule has 0 radical (unpaired) electrons. The molecule has 0 saturated heterocycles. The van der Waals surface area contributed by atoms with Crippen molar-refractivity contribution < 1.29 is 14.7 Å². The molecule has 1 aliphatic heterocycles. The smallest absolute Gasteiger partial charge is 0.305 e. The molecular formula is C19H16N2O3S. The van der Waals surface area contributed by atoms with Crippen molar-refractivity contribution >= 4 is 40.6 Å². The van der Waals surface area contributed by atoms with Crippen molar-refractivity contribution in [3.63, 3.8) is 0 Å². The van der Waals surface area contributed by atoms with Crippen LogP contribution in [0.25, 0.3) is 6.08 Å². The van der Waals surface area contributed by atoms with E-state index in [0.717, 1.165) is 11.3 Å². The first-order valence-electron chi connectivity index (χ1n) is 7.75. The van der Waals surface area contributed by atoms with Crippen molar-refractivity contribution in [2.45, 2.75) is 6.42 Å². The summed E-state index contributed by atoms with van der Waals surface area (Å²) in [5, 5.41) is 9.50. The molecule has 2 aromatic rings. The van der Waals surface area contributed by atoms with E-state index in [1.807, 2.05) is 60.7 Å². The molecule has 25 heavy (non-hydrogen) atoms. The number of amidine groups is 1. The van der Waals surface area contributed by atoms with Crippen molar-refractivity contribution in [1.82, 2.24) is 0 Å². The summed E-state index contributed by atoms with van der Waals surface area (Å²) in [6.45, 7) is 0.247. The number of aliphatic imine (C=N–C) groups is 1. The Balaban J connectivity index is 1.84. The molecule has 1 amide bonds. The van der Waals surface area contributed by atoms with Gasteiger partial charge >= 0.3 is 5.97 Å². The zero-order chi connectivity index (χ0) is 17.6. The summed E-state index contributed by atoms with van der Waals surface area (Å²) >= 11 is 1.26. The number of carbonyl (C=O) groups excluding carboxylic acids is 1. The third-order valence-corrected chi connectivity index (χ3v) is 4.56. The Kier molecular flexibility index (Phi) is 5.30. The van der Waals surface area contributed by atoms with Crippen LogP contribution in [0.3, 0.4) is 0 Å². The number of nitrogens with zero attached hydrogens (tertiary/aromatic N) is 2. The molecule has 0 bridgehead atoms. The van der Waals surface area contributed by atoms with Crippen LogP contribution in [0, 0.1) is 0 Å². The Bertz CT molecular complexity index is 832. The lowest BCUT2D eigenvalue weighted by Gasteiger charge is -2.22. The van der Waals surface area contributed by atoms with Gasteiger partial charge in [-0.1, -0.05) is 48.5 Å². The minimum Gasteiger partial charge on any atom is -0.481 e. The number of carboxylic acids is 1. The van der Waals surface area contributed by atoms with Gasteiger partial charge in [0, 0.05) is 12.2 Å². The molecule has 5 nitrogen and oxygen atoms in total. The van der Waals surface area contributed by atoms with Crippen molar-refractivity contribution in [3.05, 3.63) is 71.1 Å². The Labute approximate surface area is 149 Å². The molecule has 126 valence electrons. The minimum atomic E-state index is -0.893. The molecule has 1 heterocycles. The molecule has 1 N–H and O–H groups in total. The van der Waals surface area contributed by atoms with Crippen LogP contribution in [0.1, 0.15) is 12.0 Å². The average Bonchev–Trinajstić information content (AvgIpc) is 2.97. The summed E-state index contributed by atoms with van der Waals surface area (Å²) in [6.07, 6.45) is 1.75. The van der Waals surface area contributed by atoms with E-state index in [2.05, 4.69) is 4.99 Å². The van der Waals surface area contributed by atoms with Gasteiger partial charge in [-0.3, -0.25) is 9.59 Å². The zero-order valence-corrected chi connectivity index (χ0v) is 14.1. The SMILES string of the molecule is O=C(O)CCN(C1=NC(=O)/C(=C/c2ccccc2)S1)c1ccccc1. The number of anilines is 1. The van der Waals surface area contributed by atoms with E-state index in [1.54, 1.807) is 11.0 Å². The van der Waals surface area contributed by atoms with Gasteiger partial charge in [0.05, 0.1) is 11.3 Å². The summed E-state index contributed by atoms with van der Waals surface area (Å²) in [5.41, 5.74) is 1.73. The van der Waals surface area contributed by atoms with Crippen LogP contribution < -0.4 is 4.90 Å².